The van der Waals surface area contributed by atoms with Gasteiger partial charge in [0.25, 0.3) is 0 Å². The summed E-state index contributed by atoms with van der Waals surface area (Å²) in [6.45, 7) is 5.41. The lowest BCUT2D eigenvalue weighted by molar-refractivity contribution is -0.140. The highest BCUT2D eigenvalue weighted by molar-refractivity contribution is 5.85. The lowest BCUT2D eigenvalue weighted by Gasteiger charge is -2.13. The van der Waals surface area contributed by atoms with Crippen LogP contribution in [0.3, 0.4) is 0 Å². The zero-order chi connectivity index (χ0) is 19.5. The summed E-state index contributed by atoms with van der Waals surface area (Å²) in [7, 11) is 0. The SMILES string of the molecule is CCC.CCC=O.O=C(O)CC[C@H](NC(=O)NCC(=O)O)C(=O)O. The van der Waals surface area contributed by atoms with Crippen LogP contribution in [0.25, 0.3) is 0 Å². The monoisotopic (exact) mass is 350 g/mol. The zero-order valence-corrected chi connectivity index (χ0v) is 14.1. The molecule has 0 fully saturated rings. The summed E-state index contributed by atoms with van der Waals surface area (Å²) >= 11 is 0. The maximum Gasteiger partial charge on any atom is 0.326 e. The van der Waals surface area contributed by atoms with E-state index in [2.05, 4.69) is 13.8 Å². The van der Waals surface area contributed by atoms with Crippen LogP contribution < -0.4 is 10.6 Å². The van der Waals surface area contributed by atoms with Crippen molar-refractivity contribution in [1.29, 1.82) is 0 Å². The molecule has 10 heteroatoms. The lowest BCUT2D eigenvalue weighted by Crippen LogP contribution is -2.47. The predicted molar refractivity (Wildman–Crippen MR) is 84.8 cm³/mol. The highest BCUT2D eigenvalue weighted by Gasteiger charge is 2.20. The Morgan fingerprint density at radius 2 is 1.46 bits per heavy atom. The second kappa shape index (κ2) is 18.4. The summed E-state index contributed by atoms with van der Waals surface area (Å²) in [5.41, 5.74) is 0. The largest absolute Gasteiger partial charge is 0.481 e. The smallest absolute Gasteiger partial charge is 0.326 e. The minimum absolute atomic E-state index is 0.287. The van der Waals surface area contributed by atoms with Crippen molar-refractivity contribution in [3.05, 3.63) is 0 Å². The van der Waals surface area contributed by atoms with Crippen LogP contribution in [-0.4, -0.2) is 58.1 Å². The second-order valence-corrected chi connectivity index (χ2v) is 4.33. The topological polar surface area (TPSA) is 170 Å². The number of carbonyl (C=O) groups excluding carboxylic acids is 2. The van der Waals surface area contributed by atoms with Crippen molar-refractivity contribution in [3.8, 4) is 0 Å². The molecule has 0 aliphatic rings. The van der Waals surface area contributed by atoms with E-state index in [1.54, 1.807) is 0 Å². The van der Waals surface area contributed by atoms with Gasteiger partial charge in [-0.15, -0.1) is 0 Å². The molecule has 140 valence electrons. The molecule has 0 aromatic carbocycles. The maximum absolute atomic E-state index is 11.0. The number of hydrogen-bond donors (Lipinski definition) is 5. The van der Waals surface area contributed by atoms with Crippen LogP contribution >= 0.6 is 0 Å². The molecule has 2 amide bonds. The molecule has 0 aliphatic carbocycles. The number of carboxylic acids is 3. The first-order valence-corrected chi connectivity index (χ1v) is 7.30. The minimum atomic E-state index is -1.39. The van der Waals surface area contributed by atoms with E-state index in [0.717, 1.165) is 6.29 Å². The maximum atomic E-state index is 11.0. The Morgan fingerprint density at radius 3 is 1.75 bits per heavy atom. The predicted octanol–water partition coefficient (Wildman–Crippen LogP) is 0.700. The standard InChI is InChI=1S/C8H12N2O7.C3H6O.C3H8/c11-5(12)2-1-4(7(15)16)10-8(17)9-3-6(13)14;1-2-3-4;1-3-2/h4H,1-3H2,(H,11,12)(H,13,14)(H,15,16)(H2,9,10,17);3H,2H2,1H3;3H2,1-2H3/t4-;;/m0../s1. The molecule has 0 saturated heterocycles. The second-order valence-electron chi connectivity index (χ2n) is 4.33. The van der Waals surface area contributed by atoms with Crippen LogP contribution in [0.2, 0.25) is 0 Å². The number of carbonyl (C=O) groups is 5. The molecule has 0 spiro atoms. The van der Waals surface area contributed by atoms with Crippen LogP contribution in [0.5, 0.6) is 0 Å². The van der Waals surface area contributed by atoms with E-state index < -0.39 is 42.9 Å². The van der Waals surface area contributed by atoms with E-state index >= 15 is 0 Å². The van der Waals surface area contributed by atoms with E-state index in [0.29, 0.717) is 6.42 Å². The summed E-state index contributed by atoms with van der Waals surface area (Å²) in [5, 5.41) is 29.1. The van der Waals surface area contributed by atoms with Gasteiger partial charge in [-0.3, -0.25) is 9.59 Å². The number of carboxylic acid groups (broad SMARTS) is 3. The van der Waals surface area contributed by atoms with Gasteiger partial charge in [-0.05, 0) is 6.42 Å². The molecule has 0 saturated carbocycles. The van der Waals surface area contributed by atoms with Crippen LogP contribution in [0, 0.1) is 0 Å². The third kappa shape index (κ3) is 24.4. The van der Waals surface area contributed by atoms with Crippen molar-refractivity contribution in [3.63, 3.8) is 0 Å². The Balaban J connectivity index is -0.000000531. The van der Waals surface area contributed by atoms with Crippen molar-refractivity contribution >= 4 is 30.2 Å². The fraction of sp³-hybridized carbons (Fsp3) is 0.643. The van der Waals surface area contributed by atoms with Crippen molar-refractivity contribution in [1.82, 2.24) is 10.6 Å². The van der Waals surface area contributed by atoms with Gasteiger partial charge < -0.3 is 30.7 Å². The van der Waals surface area contributed by atoms with Gasteiger partial charge in [0, 0.05) is 12.8 Å². The molecule has 0 unspecified atom stereocenters. The number of rotatable bonds is 8. The van der Waals surface area contributed by atoms with E-state index in [1.165, 1.54) is 6.42 Å². The molecule has 24 heavy (non-hydrogen) atoms. The average molecular weight is 350 g/mol. The number of amides is 2. The average Bonchev–Trinajstić information content (AvgIpc) is 2.49. The van der Waals surface area contributed by atoms with Crippen molar-refractivity contribution in [2.45, 2.75) is 52.5 Å². The quantitative estimate of drug-likeness (QED) is 0.398. The fourth-order valence-corrected chi connectivity index (χ4v) is 0.890. The van der Waals surface area contributed by atoms with Gasteiger partial charge in [-0.2, -0.15) is 0 Å². The highest BCUT2D eigenvalue weighted by Crippen LogP contribution is 1.97. The molecular weight excluding hydrogens is 324 g/mol. The Bertz CT molecular complexity index is 398. The van der Waals surface area contributed by atoms with Gasteiger partial charge >= 0.3 is 23.9 Å². The summed E-state index contributed by atoms with van der Waals surface area (Å²) < 4.78 is 0. The molecule has 10 nitrogen and oxygen atoms in total. The van der Waals surface area contributed by atoms with Crippen LogP contribution in [0.1, 0.15) is 46.5 Å². The molecule has 0 aliphatic heterocycles. The van der Waals surface area contributed by atoms with Gasteiger partial charge in [0.2, 0.25) is 0 Å². The fourth-order valence-electron chi connectivity index (χ4n) is 0.890. The first-order chi connectivity index (χ1) is 11.2. The normalized spacial score (nSPS) is 9.79. The van der Waals surface area contributed by atoms with Crippen molar-refractivity contribution < 1.29 is 39.3 Å². The van der Waals surface area contributed by atoms with Gasteiger partial charge in [0.15, 0.2) is 0 Å². The first kappa shape index (κ1) is 26.3. The number of urea groups is 1. The zero-order valence-electron chi connectivity index (χ0n) is 14.1. The Labute approximate surface area is 140 Å². The Morgan fingerprint density at radius 1 is 1.00 bits per heavy atom. The third-order valence-electron chi connectivity index (χ3n) is 1.82. The van der Waals surface area contributed by atoms with Crippen LogP contribution in [0.15, 0.2) is 0 Å². The van der Waals surface area contributed by atoms with E-state index in [1.807, 2.05) is 17.6 Å². The van der Waals surface area contributed by atoms with Gasteiger partial charge in [0.05, 0.1) is 0 Å². The van der Waals surface area contributed by atoms with Crippen molar-refractivity contribution in [2.75, 3.05) is 6.54 Å². The van der Waals surface area contributed by atoms with Crippen LogP contribution in [0.4, 0.5) is 4.79 Å². The molecule has 0 rings (SSSR count). The van der Waals surface area contributed by atoms with E-state index in [9.17, 15) is 24.0 Å². The molecule has 5 N–H and O–H groups in total. The van der Waals surface area contributed by atoms with Crippen molar-refractivity contribution in [2.24, 2.45) is 0 Å². The Kier molecular flexibility index (Phi) is 20.1. The first-order valence-electron chi connectivity index (χ1n) is 7.30. The van der Waals surface area contributed by atoms with Gasteiger partial charge in [-0.1, -0.05) is 27.2 Å². The molecule has 0 radical (unpaired) electrons. The molecule has 1 atom stereocenters. The summed E-state index contributed by atoms with van der Waals surface area (Å²) in [6.07, 6.45) is 2.06. The molecule has 0 aromatic heterocycles. The molecular formula is C14H26N2O8. The van der Waals surface area contributed by atoms with E-state index in [4.69, 9.17) is 15.3 Å². The number of hydrogen-bond acceptors (Lipinski definition) is 5. The number of aliphatic carboxylic acids is 3. The summed E-state index contributed by atoms with van der Waals surface area (Å²) in [4.78, 5) is 51.1. The molecule has 0 aromatic rings. The summed E-state index contributed by atoms with van der Waals surface area (Å²) in [5.74, 6) is -3.86. The van der Waals surface area contributed by atoms with Gasteiger partial charge in [-0.25, -0.2) is 9.59 Å². The highest BCUT2D eigenvalue weighted by atomic mass is 16.4. The van der Waals surface area contributed by atoms with Gasteiger partial charge in [0.1, 0.15) is 18.9 Å². The lowest BCUT2D eigenvalue weighted by atomic mass is 10.1. The number of aldehydes is 1. The Hall–Kier alpha value is -2.65. The van der Waals surface area contributed by atoms with Crippen LogP contribution in [-0.2, 0) is 19.2 Å². The number of nitrogens with one attached hydrogen (secondary N) is 2. The summed E-state index contributed by atoms with van der Waals surface area (Å²) in [6, 6.07) is -2.36. The molecule has 0 heterocycles. The van der Waals surface area contributed by atoms with E-state index in [-0.39, 0.29) is 6.42 Å². The molecule has 0 bridgehead atoms. The third-order valence-corrected chi connectivity index (χ3v) is 1.82. The minimum Gasteiger partial charge on any atom is -0.481 e.